The van der Waals surface area contributed by atoms with Crippen molar-refractivity contribution < 1.29 is 4.79 Å². The maximum Gasteiger partial charge on any atom is 0.243 e. The molecule has 1 aromatic carbocycles. The van der Waals surface area contributed by atoms with Crippen molar-refractivity contribution in [3.63, 3.8) is 0 Å². The summed E-state index contributed by atoms with van der Waals surface area (Å²) < 4.78 is 0. The van der Waals surface area contributed by atoms with Crippen LogP contribution in [0, 0.1) is 5.92 Å². The lowest BCUT2D eigenvalue weighted by atomic mass is 9.97. The summed E-state index contributed by atoms with van der Waals surface area (Å²) in [4.78, 5) is 22.8. The first-order valence-corrected chi connectivity index (χ1v) is 7.92. The van der Waals surface area contributed by atoms with E-state index in [1.54, 1.807) is 30.7 Å². The zero-order valence-electron chi connectivity index (χ0n) is 12.6. The van der Waals surface area contributed by atoms with Crippen molar-refractivity contribution in [3.8, 4) is 0 Å². The number of halogens is 1. The van der Waals surface area contributed by atoms with E-state index in [-0.39, 0.29) is 11.8 Å². The van der Waals surface area contributed by atoms with Crippen LogP contribution in [0.15, 0.2) is 42.9 Å². The Labute approximate surface area is 139 Å². The van der Waals surface area contributed by atoms with Crippen molar-refractivity contribution in [2.45, 2.75) is 12.8 Å². The average Bonchev–Trinajstić information content (AvgIpc) is 2.61. The van der Waals surface area contributed by atoms with Crippen LogP contribution in [-0.4, -0.2) is 29.0 Å². The highest BCUT2D eigenvalue weighted by atomic mass is 35.5. The zero-order chi connectivity index (χ0) is 16.1. The van der Waals surface area contributed by atoms with Crippen LogP contribution in [0.5, 0.6) is 0 Å². The molecule has 0 radical (unpaired) electrons. The van der Waals surface area contributed by atoms with E-state index < -0.39 is 0 Å². The topological polar surface area (TPSA) is 70.2 Å². The van der Waals surface area contributed by atoms with Gasteiger partial charge in [0.05, 0.1) is 17.8 Å². The number of carbonyl (C=O) groups excluding carboxylic acids is 1. The molecule has 0 saturated carbocycles. The molecule has 1 amide bonds. The summed E-state index contributed by atoms with van der Waals surface area (Å²) in [5.74, 6) is 0.698. The van der Waals surface area contributed by atoms with Crippen molar-refractivity contribution in [1.29, 1.82) is 0 Å². The van der Waals surface area contributed by atoms with Crippen LogP contribution in [0.2, 0.25) is 5.02 Å². The minimum Gasteiger partial charge on any atom is -0.355 e. The lowest BCUT2D eigenvalue weighted by Crippen LogP contribution is -2.44. The second-order valence-corrected chi connectivity index (χ2v) is 5.91. The van der Waals surface area contributed by atoms with E-state index in [1.807, 2.05) is 12.1 Å². The van der Waals surface area contributed by atoms with E-state index in [4.69, 9.17) is 11.6 Å². The number of rotatable bonds is 4. The van der Waals surface area contributed by atoms with E-state index >= 15 is 0 Å². The van der Waals surface area contributed by atoms with E-state index in [0.29, 0.717) is 11.6 Å². The fraction of sp³-hybridized carbons (Fsp3) is 0.312. The first-order chi connectivity index (χ1) is 11.2. The van der Waals surface area contributed by atoms with Gasteiger partial charge in [0.15, 0.2) is 0 Å². The van der Waals surface area contributed by atoms with E-state index in [0.717, 1.165) is 30.9 Å². The lowest BCUT2D eigenvalue weighted by molar-refractivity contribution is -0.124. The number of carbonyl (C=O) groups is 1. The third kappa shape index (κ3) is 4.10. The highest BCUT2D eigenvalue weighted by Gasteiger charge is 2.26. The molecule has 2 N–H and O–H groups in total. The minimum atomic E-state index is -0.0857. The van der Waals surface area contributed by atoms with Crippen LogP contribution in [0.4, 0.5) is 11.5 Å². The smallest absolute Gasteiger partial charge is 0.243 e. The maximum absolute atomic E-state index is 12.4. The molecule has 1 atom stereocenters. The Bertz CT molecular complexity index is 667. The maximum atomic E-state index is 12.4. The molecule has 2 heterocycles. The van der Waals surface area contributed by atoms with Crippen LogP contribution in [0.25, 0.3) is 0 Å². The lowest BCUT2D eigenvalue weighted by Gasteiger charge is -2.32. The van der Waals surface area contributed by atoms with Gasteiger partial charge in [0.2, 0.25) is 5.91 Å². The van der Waals surface area contributed by atoms with Gasteiger partial charge < -0.3 is 4.90 Å². The number of nitrogens with zero attached hydrogens (tertiary/aromatic N) is 3. The normalized spacial score (nSPS) is 17.6. The summed E-state index contributed by atoms with van der Waals surface area (Å²) in [6, 6.07) is 7.22. The number of anilines is 2. The summed E-state index contributed by atoms with van der Waals surface area (Å²) >= 11 is 5.92. The van der Waals surface area contributed by atoms with Gasteiger partial charge in [0.25, 0.3) is 0 Å². The first-order valence-electron chi connectivity index (χ1n) is 7.55. The largest absolute Gasteiger partial charge is 0.355 e. The zero-order valence-corrected chi connectivity index (χ0v) is 13.3. The predicted molar refractivity (Wildman–Crippen MR) is 90.2 cm³/mol. The van der Waals surface area contributed by atoms with Crippen LogP contribution < -0.4 is 15.8 Å². The Kier molecular flexibility index (Phi) is 4.92. The summed E-state index contributed by atoms with van der Waals surface area (Å²) in [5.41, 5.74) is 6.42. The SMILES string of the molecule is O=C(NNc1cccc(Cl)c1)C1CCCN(c2cnccn2)C1. The van der Waals surface area contributed by atoms with Gasteiger partial charge in [-0.3, -0.25) is 20.6 Å². The Morgan fingerprint density at radius 3 is 3.04 bits per heavy atom. The average molecular weight is 332 g/mol. The number of amides is 1. The molecule has 0 spiro atoms. The number of piperidine rings is 1. The number of hydrogen-bond donors (Lipinski definition) is 2. The third-order valence-electron chi connectivity index (χ3n) is 3.82. The standard InChI is InChI=1S/C16H18ClN5O/c17-13-4-1-5-14(9-13)20-21-16(23)12-3-2-8-22(11-12)15-10-18-6-7-19-15/h1,4-7,9-10,12,20H,2-3,8,11H2,(H,21,23). The van der Waals surface area contributed by atoms with Crippen molar-refractivity contribution in [3.05, 3.63) is 47.9 Å². The molecule has 3 rings (SSSR count). The molecule has 2 aromatic rings. The minimum absolute atomic E-state index is 0.0291. The molecular weight excluding hydrogens is 314 g/mol. The summed E-state index contributed by atoms with van der Waals surface area (Å²) in [6.45, 7) is 1.53. The molecule has 7 heteroatoms. The molecule has 120 valence electrons. The Balaban J connectivity index is 1.57. The quantitative estimate of drug-likeness (QED) is 0.842. The van der Waals surface area contributed by atoms with Crippen LogP contribution in [0.3, 0.4) is 0 Å². The molecule has 6 nitrogen and oxygen atoms in total. The van der Waals surface area contributed by atoms with E-state index in [9.17, 15) is 4.79 Å². The van der Waals surface area contributed by atoms with Gasteiger partial charge in [-0.05, 0) is 31.0 Å². The van der Waals surface area contributed by atoms with Gasteiger partial charge in [0.1, 0.15) is 5.82 Å². The molecule has 0 aliphatic carbocycles. The fourth-order valence-corrected chi connectivity index (χ4v) is 2.85. The summed E-state index contributed by atoms with van der Waals surface area (Å²) in [6.07, 6.45) is 6.85. The molecule has 1 aromatic heterocycles. The van der Waals surface area contributed by atoms with Crippen molar-refractivity contribution in [1.82, 2.24) is 15.4 Å². The summed E-state index contributed by atoms with van der Waals surface area (Å²) in [5, 5.41) is 0.621. The van der Waals surface area contributed by atoms with Gasteiger partial charge >= 0.3 is 0 Å². The molecular formula is C16H18ClN5O. The Morgan fingerprint density at radius 2 is 2.26 bits per heavy atom. The van der Waals surface area contributed by atoms with E-state index in [2.05, 4.69) is 25.7 Å². The summed E-state index contributed by atoms with van der Waals surface area (Å²) in [7, 11) is 0. The van der Waals surface area contributed by atoms with Crippen molar-refractivity contribution in [2.75, 3.05) is 23.4 Å². The fourth-order valence-electron chi connectivity index (χ4n) is 2.66. The van der Waals surface area contributed by atoms with Crippen molar-refractivity contribution >= 4 is 29.0 Å². The molecule has 0 bridgehead atoms. The van der Waals surface area contributed by atoms with Crippen molar-refractivity contribution in [2.24, 2.45) is 5.92 Å². The monoisotopic (exact) mass is 331 g/mol. The van der Waals surface area contributed by atoms with Crippen LogP contribution >= 0.6 is 11.6 Å². The number of hydrogen-bond acceptors (Lipinski definition) is 5. The number of hydrazine groups is 1. The van der Waals surface area contributed by atoms with Gasteiger partial charge in [-0.15, -0.1) is 0 Å². The van der Waals surface area contributed by atoms with Crippen LogP contribution in [0.1, 0.15) is 12.8 Å². The first kappa shape index (κ1) is 15.6. The predicted octanol–water partition coefficient (Wildman–Crippen LogP) is 2.49. The number of benzene rings is 1. The highest BCUT2D eigenvalue weighted by molar-refractivity contribution is 6.30. The molecule has 1 aliphatic heterocycles. The van der Waals surface area contributed by atoms with Gasteiger partial charge in [-0.2, -0.15) is 0 Å². The second-order valence-electron chi connectivity index (χ2n) is 5.47. The third-order valence-corrected chi connectivity index (χ3v) is 4.06. The van der Waals surface area contributed by atoms with E-state index in [1.165, 1.54) is 0 Å². The molecule has 1 aliphatic rings. The van der Waals surface area contributed by atoms with Gasteiger partial charge in [-0.25, -0.2) is 4.98 Å². The Hall–Kier alpha value is -2.34. The molecule has 1 saturated heterocycles. The molecule has 23 heavy (non-hydrogen) atoms. The number of nitrogens with one attached hydrogen (secondary N) is 2. The Morgan fingerprint density at radius 1 is 1.35 bits per heavy atom. The van der Waals surface area contributed by atoms with Crippen LogP contribution in [-0.2, 0) is 4.79 Å². The highest BCUT2D eigenvalue weighted by Crippen LogP contribution is 2.21. The second kappa shape index (κ2) is 7.28. The molecule has 1 unspecified atom stereocenters. The molecule has 1 fully saturated rings. The van der Waals surface area contributed by atoms with Gasteiger partial charge in [0, 0.05) is 30.5 Å². The number of aromatic nitrogens is 2. The van der Waals surface area contributed by atoms with Gasteiger partial charge in [-0.1, -0.05) is 17.7 Å².